The molecule has 0 aromatic heterocycles. The Morgan fingerprint density at radius 2 is 1.85 bits per heavy atom. The number of methoxy groups -OCH3 is 1. The van der Waals surface area contributed by atoms with Crippen LogP contribution in [-0.2, 0) is 20.0 Å². The van der Waals surface area contributed by atoms with Crippen LogP contribution in [0.4, 0.5) is 0 Å². The highest BCUT2D eigenvalue weighted by Crippen LogP contribution is 2.52. The maximum absolute atomic E-state index is 6.48. The first kappa shape index (κ1) is 22.5. The van der Waals surface area contributed by atoms with Crippen molar-refractivity contribution in [3.8, 4) is 0 Å². The molecule has 1 aromatic carbocycles. The van der Waals surface area contributed by atoms with Gasteiger partial charge >= 0.3 is 8.56 Å². The van der Waals surface area contributed by atoms with Crippen LogP contribution < -0.4 is 11.1 Å². The van der Waals surface area contributed by atoms with Gasteiger partial charge in [0.25, 0.3) is 0 Å². The molecule has 1 aliphatic rings. The van der Waals surface area contributed by atoms with Gasteiger partial charge in [-0.1, -0.05) is 50.6 Å². The molecule has 1 heterocycles. The second-order valence-electron chi connectivity index (χ2n) is 7.73. The van der Waals surface area contributed by atoms with Crippen LogP contribution in [-0.4, -0.2) is 53.7 Å². The van der Waals surface area contributed by atoms with Crippen LogP contribution in [0.5, 0.6) is 0 Å². The zero-order valence-corrected chi connectivity index (χ0v) is 18.7. The largest absolute Gasteiger partial charge is 0.396 e. The first-order chi connectivity index (χ1) is 13.0. The normalized spacial score (nSPS) is 30.4. The van der Waals surface area contributed by atoms with E-state index < -0.39 is 13.8 Å². The monoisotopic (exact) mass is 394 g/mol. The summed E-state index contributed by atoms with van der Waals surface area (Å²) in [5, 5.41) is 3.36. The van der Waals surface area contributed by atoms with E-state index in [1.165, 1.54) is 5.56 Å². The maximum atomic E-state index is 6.48. The zero-order chi connectivity index (χ0) is 20.0. The molecule has 0 amide bonds. The summed E-state index contributed by atoms with van der Waals surface area (Å²) in [7, 11) is 2.79. The zero-order valence-electron chi connectivity index (χ0n) is 17.7. The van der Waals surface area contributed by atoms with Crippen LogP contribution in [0.25, 0.3) is 0 Å². The lowest BCUT2D eigenvalue weighted by Gasteiger charge is -2.62. The molecule has 0 aliphatic carbocycles. The highest BCUT2D eigenvalue weighted by Gasteiger charge is 2.71. The molecule has 6 heteroatoms. The van der Waals surface area contributed by atoms with Crippen molar-refractivity contribution in [3.05, 3.63) is 35.9 Å². The van der Waals surface area contributed by atoms with Crippen molar-refractivity contribution in [2.24, 2.45) is 11.7 Å². The van der Waals surface area contributed by atoms with Crippen LogP contribution in [0.3, 0.4) is 0 Å². The van der Waals surface area contributed by atoms with Crippen molar-refractivity contribution in [2.45, 2.75) is 56.3 Å². The topological polar surface area (TPSA) is 65.7 Å². The quantitative estimate of drug-likeness (QED) is 0.597. The first-order valence-corrected chi connectivity index (χ1v) is 12.2. The second kappa shape index (κ2) is 9.63. The Balaban J connectivity index is 2.68. The van der Waals surface area contributed by atoms with E-state index in [-0.39, 0.29) is 5.54 Å². The number of rotatable bonds is 10. The molecule has 2 rings (SSSR count). The standard InChI is InChI=1S/C21H38N2O3Si/c1-6-13-21(24-3)20(23-15-14-22,17-19-10-8-7-9-11-19)18(2)12-16-27(21,25-4)26-5/h7-11,18,23H,6,12-17,22H2,1-5H3. The summed E-state index contributed by atoms with van der Waals surface area (Å²) >= 11 is 0. The molecular formula is C21H38N2O3Si. The molecule has 1 aromatic rings. The average molecular weight is 395 g/mol. The maximum Gasteiger partial charge on any atom is 0.372 e. The molecule has 1 fully saturated rings. The van der Waals surface area contributed by atoms with Gasteiger partial charge in [-0.15, -0.1) is 0 Å². The van der Waals surface area contributed by atoms with E-state index in [0.29, 0.717) is 12.5 Å². The van der Waals surface area contributed by atoms with Gasteiger partial charge in [0.15, 0.2) is 0 Å². The van der Waals surface area contributed by atoms with Crippen LogP contribution in [0, 0.1) is 5.92 Å². The minimum Gasteiger partial charge on any atom is -0.396 e. The summed E-state index contributed by atoms with van der Waals surface area (Å²) in [6.45, 7) is 5.87. The van der Waals surface area contributed by atoms with E-state index in [4.69, 9.17) is 19.3 Å². The molecule has 154 valence electrons. The van der Waals surface area contributed by atoms with Gasteiger partial charge in [0.1, 0.15) is 5.22 Å². The Hall–Kier alpha value is -0.763. The van der Waals surface area contributed by atoms with Crippen molar-refractivity contribution in [1.82, 2.24) is 5.32 Å². The van der Waals surface area contributed by atoms with E-state index in [2.05, 4.69) is 49.5 Å². The number of nitrogens with one attached hydrogen (secondary N) is 1. The minimum absolute atomic E-state index is 0.297. The Kier molecular flexibility index (Phi) is 8.03. The Bertz CT molecular complexity index is 570. The number of ether oxygens (including phenoxy) is 1. The van der Waals surface area contributed by atoms with Crippen LogP contribution >= 0.6 is 0 Å². The van der Waals surface area contributed by atoms with Crippen molar-refractivity contribution in [1.29, 1.82) is 0 Å². The Morgan fingerprint density at radius 3 is 2.37 bits per heavy atom. The highest BCUT2D eigenvalue weighted by atomic mass is 28.4. The van der Waals surface area contributed by atoms with Crippen molar-refractivity contribution < 1.29 is 13.6 Å². The van der Waals surface area contributed by atoms with Crippen molar-refractivity contribution in [2.75, 3.05) is 34.4 Å². The molecule has 0 spiro atoms. The van der Waals surface area contributed by atoms with Crippen molar-refractivity contribution in [3.63, 3.8) is 0 Å². The average Bonchev–Trinajstić information content (AvgIpc) is 2.71. The smallest absolute Gasteiger partial charge is 0.372 e. The fourth-order valence-electron chi connectivity index (χ4n) is 5.32. The Morgan fingerprint density at radius 1 is 1.19 bits per heavy atom. The number of hydrogen-bond acceptors (Lipinski definition) is 5. The lowest BCUT2D eigenvalue weighted by Crippen LogP contribution is -2.82. The third-order valence-electron chi connectivity index (χ3n) is 6.60. The minimum atomic E-state index is -2.64. The molecule has 3 unspecified atom stereocenters. The second-order valence-corrected chi connectivity index (χ2v) is 11.4. The van der Waals surface area contributed by atoms with Gasteiger partial charge in [0, 0.05) is 34.4 Å². The van der Waals surface area contributed by atoms with E-state index in [0.717, 1.165) is 38.3 Å². The lowest BCUT2D eigenvalue weighted by atomic mass is 9.71. The molecule has 27 heavy (non-hydrogen) atoms. The van der Waals surface area contributed by atoms with Gasteiger partial charge in [0.2, 0.25) is 0 Å². The fraction of sp³-hybridized carbons (Fsp3) is 0.714. The lowest BCUT2D eigenvalue weighted by molar-refractivity contribution is -0.0993. The molecule has 0 saturated carbocycles. The van der Waals surface area contributed by atoms with E-state index in [9.17, 15) is 0 Å². The fourth-order valence-corrected chi connectivity index (χ4v) is 9.82. The predicted octanol–water partition coefficient (Wildman–Crippen LogP) is 3.02. The number of benzene rings is 1. The van der Waals surface area contributed by atoms with Gasteiger partial charge in [-0.3, -0.25) is 0 Å². The predicted molar refractivity (Wildman–Crippen MR) is 113 cm³/mol. The van der Waals surface area contributed by atoms with Crippen molar-refractivity contribution >= 4 is 8.56 Å². The number of hydrogen-bond donors (Lipinski definition) is 2. The van der Waals surface area contributed by atoms with Gasteiger partial charge < -0.3 is 24.6 Å². The van der Waals surface area contributed by atoms with Gasteiger partial charge in [-0.25, -0.2) is 0 Å². The third-order valence-corrected chi connectivity index (χ3v) is 11.0. The molecule has 1 saturated heterocycles. The van der Waals surface area contributed by atoms with Gasteiger partial charge in [-0.2, -0.15) is 0 Å². The summed E-state index contributed by atoms with van der Waals surface area (Å²) in [5.41, 5.74) is 6.92. The van der Waals surface area contributed by atoms with E-state index in [1.54, 1.807) is 14.2 Å². The van der Waals surface area contributed by atoms with E-state index in [1.807, 2.05) is 7.11 Å². The summed E-state index contributed by atoms with van der Waals surface area (Å²) in [6.07, 6.45) is 3.81. The third kappa shape index (κ3) is 3.76. The molecular weight excluding hydrogens is 356 g/mol. The molecule has 5 nitrogen and oxygen atoms in total. The summed E-state index contributed by atoms with van der Waals surface area (Å²) in [4.78, 5) is 0. The number of nitrogens with two attached hydrogens (primary N) is 1. The molecule has 3 atom stereocenters. The first-order valence-electron chi connectivity index (χ1n) is 10.2. The molecule has 1 aliphatic heterocycles. The van der Waals surface area contributed by atoms with Crippen LogP contribution in [0.1, 0.15) is 38.7 Å². The molecule has 3 N–H and O–H groups in total. The van der Waals surface area contributed by atoms with Gasteiger partial charge in [0.05, 0.1) is 5.54 Å². The SMILES string of the molecule is CCCC1(OC)C(Cc2ccccc2)(NCCN)C(C)CC[Si]1(OC)OC. The van der Waals surface area contributed by atoms with E-state index >= 15 is 0 Å². The summed E-state index contributed by atoms with van der Waals surface area (Å²) in [6, 6.07) is 11.6. The van der Waals surface area contributed by atoms with Crippen LogP contribution in [0.15, 0.2) is 30.3 Å². The van der Waals surface area contributed by atoms with Gasteiger partial charge in [-0.05, 0) is 36.8 Å². The highest BCUT2D eigenvalue weighted by molar-refractivity contribution is 6.71. The molecule has 0 bridgehead atoms. The van der Waals surface area contributed by atoms with Crippen LogP contribution in [0.2, 0.25) is 6.04 Å². The summed E-state index contributed by atoms with van der Waals surface area (Å²) in [5.74, 6) is 0.404. The summed E-state index contributed by atoms with van der Waals surface area (Å²) < 4.78 is 18.9. The Labute approximate surface area is 166 Å². The molecule has 0 radical (unpaired) electrons.